The molecule has 2 rings (SSSR count). The van der Waals surface area contributed by atoms with Crippen LogP contribution in [0.25, 0.3) is 0 Å². The molecule has 1 fully saturated rings. The maximum atomic E-state index is 12.2. The molecule has 0 aromatic carbocycles. The van der Waals surface area contributed by atoms with Gasteiger partial charge in [0.05, 0.1) is 5.25 Å². The van der Waals surface area contributed by atoms with Crippen molar-refractivity contribution >= 4 is 33.8 Å². The molecule has 0 bridgehead atoms. The topological polar surface area (TPSA) is 72.0 Å². The van der Waals surface area contributed by atoms with Gasteiger partial charge in [0.2, 0.25) is 15.0 Å². The van der Waals surface area contributed by atoms with Crippen LogP contribution in [0.1, 0.15) is 18.4 Å². The maximum Gasteiger partial charge on any atom is 0.248 e. The summed E-state index contributed by atoms with van der Waals surface area (Å²) in [5, 5.41) is 2.78. The fourth-order valence-electron chi connectivity index (χ4n) is 1.80. The van der Waals surface area contributed by atoms with Gasteiger partial charge in [0.25, 0.3) is 0 Å². The zero-order valence-electron chi connectivity index (χ0n) is 9.89. The maximum absolute atomic E-state index is 12.2. The molecule has 0 aliphatic carbocycles. The van der Waals surface area contributed by atoms with Gasteiger partial charge in [-0.1, -0.05) is 11.6 Å². The van der Waals surface area contributed by atoms with Gasteiger partial charge < -0.3 is 5.32 Å². The Labute approximate surface area is 118 Å². The molecule has 1 N–H and O–H groups in total. The van der Waals surface area contributed by atoms with Gasteiger partial charge in [-0.2, -0.15) is 0 Å². The van der Waals surface area contributed by atoms with Crippen molar-refractivity contribution in [2.75, 3.05) is 13.1 Å². The van der Waals surface area contributed by atoms with Crippen LogP contribution in [0.2, 0.25) is 5.15 Å². The van der Waals surface area contributed by atoms with Crippen molar-refractivity contribution in [3.05, 3.63) is 16.9 Å². The molecule has 5 nitrogen and oxygen atoms in total. The molecule has 1 aromatic heterocycles. The number of sulfone groups is 1. The van der Waals surface area contributed by atoms with Crippen molar-refractivity contribution in [3.63, 3.8) is 0 Å². The molecule has 0 atom stereocenters. The standard InChI is InChI=1S/C10H14ClN3O2S.ClH/c1-7-6-13-10(14-9(7)11)17(15,16)8-2-4-12-5-3-8;/h6,8,12H,2-5H2,1H3;1H. The van der Waals surface area contributed by atoms with Gasteiger partial charge in [-0.15, -0.1) is 12.4 Å². The van der Waals surface area contributed by atoms with Crippen molar-refractivity contribution in [2.45, 2.75) is 30.2 Å². The number of nitrogens with zero attached hydrogens (tertiary/aromatic N) is 2. The largest absolute Gasteiger partial charge is 0.317 e. The van der Waals surface area contributed by atoms with E-state index in [1.165, 1.54) is 6.20 Å². The van der Waals surface area contributed by atoms with Gasteiger partial charge in [-0.25, -0.2) is 18.4 Å². The summed E-state index contributed by atoms with van der Waals surface area (Å²) in [4.78, 5) is 7.75. The number of nitrogens with one attached hydrogen (secondary N) is 1. The lowest BCUT2D eigenvalue weighted by Gasteiger charge is -2.21. The average molecular weight is 312 g/mol. The van der Waals surface area contributed by atoms with Gasteiger partial charge in [0.15, 0.2) is 0 Å². The van der Waals surface area contributed by atoms with E-state index in [2.05, 4.69) is 15.3 Å². The number of hydrogen-bond acceptors (Lipinski definition) is 5. The fourth-order valence-corrected chi connectivity index (χ4v) is 3.55. The minimum absolute atomic E-state index is 0. The van der Waals surface area contributed by atoms with Crippen molar-refractivity contribution in [1.82, 2.24) is 15.3 Å². The minimum Gasteiger partial charge on any atom is -0.317 e. The first-order valence-corrected chi connectivity index (χ1v) is 7.38. The molecule has 0 amide bonds. The Hall–Kier alpha value is -0.430. The van der Waals surface area contributed by atoms with Gasteiger partial charge in [-0.05, 0) is 32.9 Å². The summed E-state index contributed by atoms with van der Waals surface area (Å²) in [6.45, 7) is 3.16. The third kappa shape index (κ3) is 3.12. The van der Waals surface area contributed by atoms with E-state index in [1.807, 2.05) is 0 Å². The smallest absolute Gasteiger partial charge is 0.248 e. The van der Waals surface area contributed by atoms with Gasteiger partial charge >= 0.3 is 0 Å². The predicted octanol–water partition coefficient (Wildman–Crippen LogP) is 1.39. The Morgan fingerprint density at radius 2 is 2.00 bits per heavy atom. The second-order valence-electron chi connectivity index (χ2n) is 4.12. The van der Waals surface area contributed by atoms with Crippen molar-refractivity contribution < 1.29 is 8.42 Å². The fraction of sp³-hybridized carbons (Fsp3) is 0.600. The summed E-state index contributed by atoms with van der Waals surface area (Å²) < 4.78 is 24.5. The molecule has 0 unspecified atom stereocenters. The van der Waals surface area contributed by atoms with Crippen LogP contribution < -0.4 is 5.32 Å². The number of aryl methyl sites for hydroxylation is 1. The molecule has 0 radical (unpaired) electrons. The highest BCUT2D eigenvalue weighted by Gasteiger charge is 2.31. The van der Waals surface area contributed by atoms with E-state index in [-0.39, 0.29) is 22.7 Å². The summed E-state index contributed by atoms with van der Waals surface area (Å²) in [6, 6.07) is 0. The van der Waals surface area contributed by atoms with E-state index in [4.69, 9.17) is 11.6 Å². The lowest BCUT2D eigenvalue weighted by Crippen LogP contribution is -2.36. The van der Waals surface area contributed by atoms with Crippen molar-refractivity contribution in [3.8, 4) is 0 Å². The van der Waals surface area contributed by atoms with Crippen LogP contribution in [-0.2, 0) is 9.84 Å². The van der Waals surface area contributed by atoms with Crippen molar-refractivity contribution in [2.24, 2.45) is 0 Å². The monoisotopic (exact) mass is 311 g/mol. The molecular formula is C10H15Cl2N3O2S. The first-order chi connectivity index (χ1) is 8.01. The Morgan fingerprint density at radius 1 is 1.39 bits per heavy atom. The molecule has 8 heteroatoms. The number of rotatable bonds is 2. The van der Waals surface area contributed by atoms with Crippen LogP contribution >= 0.6 is 24.0 Å². The van der Waals surface area contributed by atoms with Gasteiger partial charge in [0, 0.05) is 11.8 Å². The minimum atomic E-state index is -3.45. The van der Waals surface area contributed by atoms with E-state index in [0.29, 0.717) is 31.5 Å². The Balaban J connectivity index is 0.00000162. The second-order valence-corrected chi connectivity index (χ2v) is 6.60. The SMILES string of the molecule is Cc1cnc(S(=O)(=O)C2CCNCC2)nc1Cl.Cl. The van der Waals surface area contributed by atoms with E-state index < -0.39 is 15.1 Å². The first kappa shape index (κ1) is 15.6. The Bertz CT molecular complexity index is 516. The van der Waals surface area contributed by atoms with Crippen LogP contribution in [0.4, 0.5) is 0 Å². The molecule has 0 saturated carbocycles. The van der Waals surface area contributed by atoms with Crippen LogP contribution in [0.5, 0.6) is 0 Å². The van der Waals surface area contributed by atoms with E-state index in [1.54, 1.807) is 6.92 Å². The third-order valence-electron chi connectivity index (χ3n) is 2.87. The highest BCUT2D eigenvalue weighted by molar-refractivity contribution is 7.91. The van der Waals surface area contributed by atoms with Crippen LogP contribution in [0, 0.1) is 6.92 Å². The second kappa shape index (κ2) is 6.14. The van der Waals surface area contributed by atoms with Crippen molar-refractivity contribution in [1.29, 1.82) is 0 Å². The summed E-state index contributed by atoms with van der Waals surface area (Å²) in [5.41, 5.74) is 0.677. The Kier molecular flexibility index (Phi) is 5.33. The normalized spacial score (nSPS) is 17.2. The third-order valence-corrected chi connectivity index (χ3v) is 5.30. The lowest BCUT2D eigenvalue weighted by atomic mass is 10.2. The molecule has 102 valence electrons. The highest BCUT2D eigenvalue weighted by Crippen LogP contribution is 2.21. The van der Waals surface area contributed by atoms with E-state index >= 15 is 0 Å². The molecule has 1 aliphatic heterocycles. The molecule has 1 aliphatic rings. The van der Waals surface area contributed by atoms with Crippen LogP contribution in [0.15, 0.2) is 11.4 Å². The predicted molar refractivity (Wildman–Crippen MR) is 72.1 cm³/mol. The summed E-state index contributed by atoms with van der Waals surface area (Å²) >= 11 is 5.83. The molecule has 1 saturated heterocycles. The molecule has 1 aromatic rings. The summed E-state index contributed by atoms with van der Waals surface area (Å²) in [7, 11) is -3.45. The lowest BCUT2D eigenvalue weighted by molar-refractivity contribution is 0.492. The number of hydrogen-bond donors (Lipinski definition) is 1. The number of halogens is 2. The first-order valence-electron chi connectivity index (χ1n) is 5.45. The summed E-state index contributed by atoms with van der Waals surface area (Å²) in [5.74, 6) is 0. The number of piperidine rings is 1. The molecular weight excluding hydrogens is 297 g/mol. The highest BCUT2D eigenvalue weighted by atomic mass is 35.5. The molecule has 18 heavy (non-hydrogen) atoms. The van der Waals surface area contributed by atoms with Crippen LogP contribution in [0.3, 0.4) is 0 Å². The molecule has 2 heterocycles. The van der Waals surface area contributed by atoms with Gasteiger partial charge in [0.1, 0.15) is 5.15 Å². The van der Waals surface area contributed by atoms with Gasteiger partial charge in [-0.3, -0.25) is 0 Å². The zero-order valence-corrected chi connectivity index (χ0v) is 12.3. The Morgan fingerprint density at radius 3 is 2.56 bits per heavy atom. The average Bonchev–Trinajstić information content (AvgIpc) is 2.33. The van der Waals surface area contributed by atoms with E-state index in [9.17, 15) is 8.42 Å². The zero-order chi connectivity index (χ0) is 12.5. The van der Waals surface area contributed by atoms with E-state index in [0.717, 1.165) is 0 Å². The quantitative estimate of drug-likeness (QED) is 0.660. The number of aromatic nitrogens is 2. The summed E-state index contributed by atoms with van der Waals surface area (Å²) in [6.07, 6.45) is 2.64. The molecule has 0 spiro atoms. The van der Waals surface area contributed by atoms with Crippen LogP contribution in [-0.4, -0.2) is 36.7 Å².